The summed E-state index contributed by atoms with van der Waals surface area (Å²) in [6.45, 7) is 1.25. The van der Waals surface area contributed by atoms with Gasteiger partial charge in [-0.2, -0.15) is 0 Å². The van der Waals surface area contributed by atoms with Crippen LogP contribution in [0.25, 0.3) is 11.0 Å². The number of rotatable bonds is 10. The van der Waals surface area contributed by atoms with Crippen molar-refractivity contribution >= 4 is 40.3 Å². The molecule has 0 saturated carbocycles. The number of aromatic nitrogens is 2. The van der Waals surface area contributed by atoms with Gasteiger partial charge in [0, 0.05) is 32.3 Å². The van der Waals surface area contributed by atoms with Crippen molar-refractivity contribution in [1.82, 2.24) is 9.55 Å². The Kier molecular flexibility index (Phi) is 7.42. The van der Waals surface area contributed by atoms with E-state index < -0.39 is 11.7 Å². The summed E-state index contributed by atoms with van der Waals surface area (Å²) in [5.74, 6) is -1.03. The molecule has 2 N–H and O–H groups in total. The zero-order valence-corrected chi connectivity index (χ0v) is 17.4. The lowest BCUT2D eigenvalue weighted by molar-refractivity contribution is -0.118. The highest BCUT2D eigenvalue weighted by atomic mass is 32.2. The lowest BCUT2D eigenvalue weighted by atomic mass is 10.2. The number of primary amides is 1. The van der Waals surface area contributed by atoms with E-state index in [0.717, 1.165) is 11.0 Å². The van der Waals surface area contributed by atoms with Gasteiger partial charge in [0.05, 0.1) is 23.4 Å². The van der Waals surface area contributed by atoms with Crippen LogP contribution in [0.15, 0.2) is 53.7 Å². The van der Waals surface area contributed by atoms with E-state index in [9.17, 15) is 14.0 Å². The molecule has 2 amide bonds. The second kappa shape index (κ2) is 10.2. The largest absolute Gasteiger partial charge is 0.383 e. The molecule has 0 aliphatic carbocycles. The Morgan fingerprint density at radius 1 is 1.20 bits per heavy atom. The van der Waals surface area contributed by atoms with E-state index in [0.29, 0.717) is 24.0 Å². The molecule has 2 aromatic carbocycles. The number of benzene rings is 2. The summed E-state index contributed by atoms with van der Waals surface area (Å²) in [4.78, 5) is 30.3. The summed E-state index contributed by atoms with van der Waals surface area (Å²) in [5, 5.41) is 0.704. The first-order valence-corrected chi connectivity index (χ1v) is 10.4. The van der Waals surface area contributed by atoms with Gasteiger partial charge in [-0.25, -0.2) is 9.37 Å². The average molecular weight is 431 g/mol. The molecule has 0 spiro atoms. The van der Waals surface area contributed by atoms with Crippen LogP contribution in [0.3, 0.4) is 0 Å². The SMILES string of the molecule is COCCn1c(SCC(=O)N(CCC(N)=O)c2ccc(F)cc2)nc2ccccc21. The van der Waals surface area contributed by atoms with E-state index in [2.05, 4.69) is 4.98 Å². The van der Waals surface area contributed by atoms with E-state index in [-0.39, 0.29) is 24.6 Å². The zero-order valence-electron chi connectivity index (χ0n) is 16.6. The number of carbonyl (C=O) groups is 2. The molecule has 3 rings (SSSR count). The zero-order chi connectivity index (χ0) is 21.5. The maximum Gasteiger partial charge on any atom is 0.237 e. The number of imidazole rings is 1. The Balaban J connectivity index is 1.79. The van der Waals surface area contributed by atoms with Crippen LogP contribution in [0.1, 0.15) is 6.42 Å². The predicted molar refractivity (Wildman–Crippen MR) is 115 cm³/mol. The van der Waals surface area contributed by atoms with Gasteiger partial charge < -0.3 is 19.9 Å². The first-order chi connectivity index (χ1) is 14.5. The van der Waals surface area contributed by atoms with Crippen LogP contribution >= 0.6 is 11.8 Å². The maximum absolute atomic E-state index is 13.3. The summed E-state index contributed by atoms with van der Waals surface area (Å²) >= 11 is 1.31. The molecule has 0 atom stereocenters. The van der Waals surface area contributed by atoms with Crippen molar-refractivity contribution in [3.05, 3.63) is 54.3 Å². The molecule has 0 fully saturated rings. The van der Waals surface area contributed by atoms with Crippen molar-refractivity contribution in [1.29, 1.82) is 0 Å². The fourth-order valence-electron chi connectivity index (χ4n) is 3.01. The van der Waals surface area contributed by atoms with Gasteiger partial charge in [-0.1, -0.05) is 23.9 Å². The number of thioether (sulfide) groups is 1. The summed E-state index contributed by atoms with van der Waals surface area (Å²) in [6.07, 6.45) is 0.0140. The molecule has 158 valence electrons. The number of halogens is 1. The van der Waals surface area contributed by atoms with Crippen LogP contribution in [-0.2, 0) is 20.9 Å². The Labute approximate surface area is 178 Å². The molecule has 1 aromatic heterocycles. The Morgan fingerprint density at radius 2 is 1.93 bits per heavy atom. The number of anilines is 1. The Morgan fingerprint density at radius 3 is 2.63 bits per heavy atom. The molecule has 3 aromatic rings. The molecule has 0 bridgehead atoms. The van der Waals surface area contributed by atoms with Crippen LogP contribution in [0.4, 0.5) is 10.1 Å². The van der Waals surface area contributed by atoms with Crippen molar-refractivity contribution in [2.45, 2.75) is 18.1 Å². The van der Waals surface area contributed by atoms with Crippen LogP contribution in [0.5, 0.6) is 0 Å². The number of methoxy groups -OCH3 is 1. The summed E-state index contributed by atoms with van der Waals surface area (Å²) < 4.78 is 20.5. The van der Waals surface area contributed by atoms with Crippen LogP contribution in [0, 0.1) is 5.82 Å². The highest BCUT2D eigenvalue weighted by Crippen LogP contribution is 2.25. The number of nitrogens with zero attached hydrogens (tertiary/aromatic N) is 3. The molecule has 7 nitrogen and oxygen atoms in total. The third-order valence-electron chi connectivity index (χ3n) is 4.48. The van der Waals surface area contributed by atoms with Gasteiger partial charge in [0.25, 0.3) is 0 Å². The van der Waals surface area contributed by atoms with Crippen molar-refractivity contribution < 1.29 is 18.7 Å². The third kappa shape index (κ3) is 5.37. The second-order valence-corrected chi connectivity index (χ2v) is 7.50. The topological polar surface area (TPSA) is 90.5 Å². The molecule has 1 heterocycles. The van der Waals surface area contributed by atoms with Gasteiger partial charge in [0.2, 0.25) is 11.8 Å². The van der Waals surface area contributed by atoms with Gasteiger partial charge >= 0.3 is 0 Å². The van der Waals surface area contributed by atoms with Gasteiger partial charge in [-0.3, -0.25) is 9.59 Å². The molecule has 9 heteroatoms. The van der Waals surface area contributed by atoms with Gasteiger partial charge in [0.15, 0.2) is 5.16 Å². The highest BCUT2D eigenvalue weighted by Gasteiger charge is 2.19. The first-order valence-electron chi connectivity index (χ1n) is 9.41. The molecule has 0 saturated heterocycles. The van der Waals surface area contributed by atoms with Gasteiger partial charge in [-0.05, 0) is 36.4 Å². The molecule has 0 aliphatic heterocycles. The minimum atomic E-state index is -0.510. The maximum atomic E-state index is 13.3. The van der Waals surface area contributed by atoms with Crippen molar-refractivity contribution in [2.75, 3.05) is 30.9 Å². The van der Waals surface area contributed by atoms with Crippen LogP contribution < -0.4 is 10.6 Å². The highest BCUT2D eigenvalue weighted by molar-refractivity contribution is 7.99. The van der Waals surface area contributed by atoms with Crippen LogP contribution in [-0.4, -0.2) is 47.4 Å². The number of fused-ring (bicyclic) bond motifs is 1. The summed E-state index contributed by atoms with van der Waals surface area (Å²) in [7, 11) is 1.63. The summed E-state index contributed by atoms with van der Waals surface area (Å²) in [6, 6.07) is 13.3. The van der Waals surface area contributed by atoms with Gasteiger partial charge in [0.1, 0.15) is 5.82 Å². The summed E-state index contributed by atoms with van der Waals surface area (Å²) in [5.41, 5.74) is 7.57. The smallest absolute Gasteiger partial charge is 0.237 e. The van der Waals surface area contributed by atoms with Crippen molar-refractivity contribution in [3.8, 4) is 0 Å². The number of nitrogens with two attached hydrogens (primary N) is 1. The fraction of sp³-hybridized carbons (Fsp3) is 0.286. The quantitative estimate of drug-likeness (QED) is 0.500. The number of hydrogen-bond acceptors (Lipinski definition) is 5. The molecular formula is C21H23FN4O3S. The van der Waals surface area contributed by atoms with E-state index in [1.807, 2.05) is 28.8 Å². The third-order valence-corrected chi connectivity index (χ3v) is 5.45. The minimum absolute atomic E-state index is 0.0140. The normalized spacial score (nSPS) is 11.0. The van der Waals surface area contributed by atoms with Crippen molar-refractivity contribution in [3.63, 3.8) is 0 Å². The number of hydrogen-bond donors (Lipinski definition) is 1. The van der Waals surface area contributed by atoms with Crippen molar-refractivity contribution in [2.24, 2.45) is 5.73 Å². The van der Waals surface area contributed by atoms with E-state index in [4.69, 9.17) is 10.5 Å². The number of amides is 2. The second-order valence-electron chi connectivity index (χ2n) is 6.55. The lowest BCUT2D eigenvalue weighted by Gasteiger charge is -2.22. The predicted octanol–water partition coefficient (Wildman–Crippen LogP) is 2.82. The number of carbonyl (C=O) groups excluding carboxylic acids is 2. The van der Waals surface area contributed by atoms with E-state index >= 15 is 0 Å². The molecular weight excluding hydrogens is 407 g/mol. The van der Waals surface area contributed by atoms with Crippen LogP contribution in [0.2, 0.25) is 0 Å². The van der Waals surface area contributed by atoms with Gasteiger partial charge in [-0.15, -0.1) is 0 Å². The number of para-hydroxylation sites is 2. The van der Waals surface area contributed by atoms with E-state index in [1.54, 1.807) is 7.11 Å². The Bertz CT molecular complexity index is 1020. The minimum Gasteiger partial charge on any atom is -0.383 e. The lowest BCUT2D eigenvalue weighted by Crippen LogP contribution is -2.35. The monoisotopic (exact) mass is 430 g/mol. The average Bonchev–Trinajstić information content (AvgIpc) is 3.09. The molecule has 0 aliphatic rings. The molecule has 0 radical (unpaired) electrons. The fourth-order valence-corrected chi connectivity index (χ4v) is 3.92. The van der Waals surface area contributed by atoms with E-state index in [1.165, 1.54) is 40.9 Å². The Hall–Kier alpha value is -2.91. The molecule has 0 unspecified atom stereocenters. The standard InChI is InChI=1S/C21H23FN4O3S/c1-29-13-12-26-18-5-3-2-4-17(18)24-21(26)30-14-20(28)25(11-10-19(23)27)16-8-6-15(22)7-9-16/h2-9H,10-14H2,1H3,(H2,23,27). The molecule has 30 heavy (non-hydrogen) atoms. The first kappa shape index (κ1) is 21.8. The number of ether oxygens (including phenoxy) is 1.